The lowest BCUT2D eigenvalue weighted by Gasteiger charge is -2.23. The van der Waals surface area contributed by atoms with Crippen LogP contribution in [-0.2, 0) is 0 Å². The molecule has 0 N–H and O–H groups in total. The Morgan fingerprint density at radius 3 is 2.42 bits per heavy atom. The monoisotopic (exact) mass is 347 g/mol. The van der Waals surface area contributed by atoms with Crippen LogP contribution in [0.15, 0.2) is 48.7 Å². The minimum absolute atomic E-state index is 0.505. The topological polar surface area (TPSA) is 58.4 Å². The number of hydrogen-bond acceptors (Lipinski definition) is 5. The quantitative estimate of drug-likeness (QED) is 0.648. The van der Waals surface area contributed by atoms with Gasteiger partial charge in [0.25, 0.3) is 0 Å². The van der Waals surface area contributed by atoms with Gasteiger partial charge in [0.2, 0.25) is 0 Å². The zero-order valence-corrected chi connectivity index (χ0v) is 15.2. The van der Waals surface area contributed by atoms with Gasteiger partial charge in [-0.2, -0.15) is 5.26 Å². The van der Waals surface area contributed by atoms with Gasteiger partial charge in [-0.05, 0) is 38.1 Å². The average molecular weight is 347 g/mol. The summed E-state index contributed by atoms with van der Waals surface area (Å²) in [6.07, 6.45) is 1.59. The second-order valence-corrected chi connectivity index (χ2v) is 5.68. The Bertz CT molecular complexity index is 949. The fraction of sp³-hybridized carbons (Fsp3) is 0.238. The number of para-hydroxylation sites is 1. The molecular formula is C21H21N3O2. The molecule has 26 heavy (non-hydrogen) atoms. The molecule has 0 atom stereocenters. The number of anilines is 2. The highest BCUT2D eigenvalue weighted by molar-refractivity contribution is 6.00. The van der Waals surface area contributed by atoms with E-state index in [0.717, 1.165) is 16.8 Å². The van der Waals surface area contributed by atoms with E-state index in [4.69, 9.17) is 9.47 Å². The predicted octanol–water partition coefficient (Wildman–Crippen LogP) is 4.67. The number of hydrogen-bond donors (Lipinski definition) is 0. The van der Waals surface area contributed by atoms with Crippen LogP contribution < -0.4 is 14.4 Å². The highest BCUT2D eigenvalue weighted by atomic mass is 16.5. The lowest BCUT2D eigenvalue weighted by Crippen LogP contribution is -2.12. The van der Waals surface area contributed by atoms with Crippen LogP contribution in [-0.4, -0.2) is 25.2 Å². The van der Waals surface area contributed by atoms with Crippen LogP contribution in [0, 0.1) is 11.3 Å². The standard InChI is InChI=1S/C21H21N3O2/c1-4-25-18-12-11-17-19(21(18)26-5-2)23-14-15(13-22)20(17)24(3)16-9-7-6-8-10-16/h6-12,14H,4-5H2,1-3H3. The fourth-order valence-corrected chi connectivity index (χ4v) is 2.98. The molecule has 0 spiro atoms. The zero-order chi connectivity index (χ0) is 18.5. The third-order valence-corrected chi connectivity index (χ3v) is 4.12. The molecule has 0 aliphatic rings. The maximum Gasteiger partial charge on any atom is 0.187 e. The summed E-state index contributed by atoms with van der Waals surface area (Å²) in [7, 11) is 1.95. The summed E-state index contributed by atoms with van der Waals surface area (Å²) in [6, 6.07) is 16.0. The normalized spacial score (nSPS) is 10.4. The van der Waals surface area contributed by atoms with E-state index in [-0.39, 0.29) is 0 Å². The van der Waals surface area contributed by atoms with Crippen molar-refractivity contribution in [3.8, 4) is 17.6 Å². The summed E-state index contributed by atoms with van der Waals surface area (Å²) in [4.78, 5) is 6.49. The first-order valence-corrected chi connectivity index (χ1v) is 8.61. The molecule has 5 heteroatoms. The number of benzene rings is 2. The fourth-order valence-electron chi connectivity index (χ4n) is 2.98. The Balaban J connectivity index is 2.27. The predicted molar refractivity (Wildman–Crippen MR) is 103 cm³/mol. The molecule has 0 fully saturated rings. The van der Waals surface area contributed by atoms with Crippen LogP contribution >= 0.6 is 0 Å². The van der Waals surface area contributed by atoms with Crippen LogP contribution in [0.2, 0.25) is 0 Å². The molecule has 1 heterocycles. The minimum atomic E-state index is 0.505. The number of fused-ring (bicyclic) bond motifs is 1. The summed E-state index contributed by atoms with van der Waals surface area (Å²) in [5.41, 5.74) is 2.99. The maximum atomic E-state index is 9.61. The molecule has 3 rings (SSSR count). The van der Waals surface area contributed by atoms with Crippen molar-refractivity contribution in [2.24, 2.45) is 0 Å². The highest BCUT2D eigenvalue weighted by Gasteiger charge is 2.19. The van der Waals surface area contributed by atoms with Crippen molar-refractivity contribution in [1.29, 1.82) is 5.26 Å². The number of pyridine rings is 1. The molecule has 2 aromatic carbocycles. The van der Waals surface area contributed by atoms with E-state index in [1.807, 2.05) is 68.3 Å². The highest BCUT2D eigenvalue weighted by Crippen LogP contribution is 2.41. The molecule has 0 radical (unpaired) electrons. The van der Waals surface area contributed by atoms with E-state index >= 15 is 0 Å². The van der Waals surface area contributed by atoms with Crippen molar-refractivity contribution in [2.45, 2.75) is 13.8 Å². The van der Waals surface area contributed by atoms with Gasteiger partial charge in [-0.3, -0.25) is 4.98 Å². The lowest BCUT2D eigenvalue weighted by molar-refractivity contribution is 0.290. The maximum absolute atomic E-state index is 9.61. The Morgan fingerprint density at radius 1 is 1.04 bits per heavy atom. The molecule has 0 saturated heterocycles. The van der Waals surface area contributed by atoms with Gasteiger partial charge in [-0.15, -0.1) is 0 Å². The van der Waals surface area contributed by atoms with Crippen LogP contribution in [0.5, 0.6) is 11.5 Å². The van der Waals surface area contributed by atoms with Crippen molar-refractivity contribution >= 4 is 22.3 Å². The van der Waals surface area contributed by atoms with Crippen LogP contribution in [0.4, 0.5) is 11.4 Å². The molecule has 0 aliphatic heterocycles. The summed E-state index contributed by atoms with van der Waals surface area (Å²) in [6.45, 7) is 4.90. The number of nitriles is 1. The van der Waals surface area contributed by atoms with Gasteiger partial charge >= 0.3 is 0 Å². The second kappa shape index (κ2) is 7.75. The minimum Gasteiger partial charge on any atom is -0.490 e. The van der Waals surface area contributed by atoms with Crippen LogP contribution in [0.1, 0.15) is 19.4 Å². The first-order chi connectivity index (χ1) is 12.7. The van der Waals surface area contributed by atoms with E-state index in [0.29, 0.717) is 35.8 Å². The number of aromatic nitrogens is 1. The SMILES string of the molecule is CCOc1ccc2c(N(C)c3ccccc3)c(C#N)cnc2c1OCC. The van der Waals surface area contributed by atoms with Crippen LogP contribution in [0.25, 0.3) is 10.9 Å². The van der Waals surface area contributed by atoms with Gasteiger partial charge in [-0.25, -0.2) is 0 Å². The molecule has 0 amide bonds. The van der Waals surface area contributed by atoms with Gasteiger partial charge in [0.05, 0.1) is 24.5 Å². The molecule has 0 unspecified atom stereocenters. The molecule has 0 aliphatic carbocycles. The van der Waals surface area contributed by atoms with E-state index in [1.54, 1.807) is 6.20 Å². The Labute approximate surface area is 153 Å². The summed E-state index contributed by atoms with van der Waals surface area (Å²) in [5, 5.41) is 10.5. The number of rotatable bonds is 6. The Hall–Kier alpha value is -3.26. The first-order valence-electron chi connectivity index (χ1n) is 8.61. The van der Waals surface area contributed by atoms with Gasteiger partial charge < -0.3 is 14.4 Å². The molecule has 3 aromatic rings. The zero-order valence-electron chi connectivity index (χ0n) is 15.2. The van der Waals surface area contributed by atoms with Crippen molar-refractivity contribution in [3.05, 3.63) is 54.2 Å². The average Bonchev–Trinajstić information content (AvgIpc) is 2.69. The third kappa shape index (κ3) is 3.14. The van der Waals surface area contributed by atoms with Gasteiger partial charge in [0.15, 0.2) is 11.5 Å². The van der Waals surface area contributed by atoms with Crippen LogP contribution in [0.3, 0.4) is 0 Å². The summed E-state index contributed by atoms with van der Waals surface area (Å²) < 4.78 is 11.5. The van der Waals surface area contributed by atoms with E-state index in [2.05, 4.69) is 11.1 Å². The summed E-state index contributed by atoms with van der Waals surface area (Å²) >= 11 is 0. The number of ether oxygens (including phenoxy) is 2. The van der Waals surface area contributed by atoms with Crippen molar-refractivity contribution in [2.75, 3.05) is 25.2 Å². The molecule has 5 nitrogen and oxygen atoms in total. The van der Waals surface area contributed by atoms with E-state index in [9.17, 15) is 5.26 Å². The van der Waals surface area contributed by atoms with Gasteiger partial charge in [0, 0.05) is 24.3 Å². The largest absolute Gasteiger partial charge is 0.490 e. The van der Waals surface area contributed by atoms with Crippen molar-refractivity contribution in [1.82, 2.24) is 4.98 Å². The second-order valence-electron chi connectivity index (χ2n) is 5.68. The molecule has 0 bridgehead atoms. The Morgan fingerprint density at radius 2 is 1.77 bits per heavy atom. The Kier molecular flexibility index (Phi) is 5.23. The first kappa shape index (κ1) is 17.6. The van der Waals surface area contributed by atoms with E-state index in [1.165, 1.54) is 0 Å². The smallest absolute Gasteiger partial charge is 0.187 e. The van der Waals surface area contributed by atoms with Gasteiger partial charge in [0.1, 0.15) is 11.6 Å². The molecular weight excluding hydrogens is 326 g/mol. The number of nitrogens with zero attached hydrogens (tertiary/aromatic N) is 3. The van der Waals surface area contributed by atoms with Crippen molar-refractivity contribution < 1.29 is 9.47 Å². The van der Waals surface area contributed by atoms with Crippen molar-refractivity contribution in [3.63, 3.8) is 0 Å². The molecule has 1 aromatic heterocycles. The van der Waals surface area contributed by atoms with Gasteiger partial charge in [-0.1, -0.05) is 18.2 Å². The van der Waals surface area contributed by atoms with E-state index < -0.39 is 0 Å². The third-order valence-electron chi connectivity index (χ3n) is 4.12. The lowest BCUT2D eigenvalue weighted by atomic mass is 10.1. The molecule has 132 valence electrons. The molecule has 0 saturated carbocycles. The summed E-state index contributed by atoms with van der Waals surface area (Å²) in [5.74, 6) is 1.27.